The van der Waals surface area contributed by atoms with E-state index >= 15 is 0 Å². The predicted octanol–water partition coefficient (Wildman–Crippen LogP) is 1.34. The van der Waals surface area contributed by atoms with E-state index in [1.54, 1.807) is 13.0 Å². The Morgan fingerprint density at radius 1 is 1.85 bits per heavy atom. The maximum atomic E-state index is 11.1. The Bertz CT molecular complexity index is 247. The molecule has 3 nitrogen and oxygen atoms in total. The third-order valence-corrected chi connectivity index (χ3v) is 3.30. The molecule has 0 amide bonds. The van der Waals surface area contributed by atoms with Crippen molar-refractivity contribution in [2.45, 2.75) is 18.6 Å². The summed E-state index contributed by atoms with van der Waals surface area (Å²) >= 11 is 1.33. The maximum absolute atomic E-state index is 11.1. The minimum absolute atomic E-state index is 0.00630. The van der Waals surface area contributed by atoms with Crippen molar-refractivity contribution in [2.75, 3.05) is 5.75 Å². The Labute approximate surface area is 81.2 Å². The monoisotopic (exact) mass is 200 g/mol. The van der Waals surface area contributed by atoms with Crippen LogP contribution in [0.5, 0.6) is 0 Å². The van der Waals surface area contributed by atoms with Gasteiger partial charge in [-0.25, -0.2) is 0 Å². The van der Waals surface area contributed by atoms with Crippen LogP contribution in [-0.2, 0) is 9.59 Å². The lowest BCUT2D eigenvalue weighted by molar-refractivity contribution is -0.136. The molecular weight excluding hydrogens is 188 g/mol. The van der Waals surface area contributed by atoms with E-state index < -0.39 is 11.2 Å². The number of carboxylic acid groups (broad SMARTS) is 1. The Morgan fingerprint density at radius 2 is 2.54 bits per heavy atom. The van der Waals surface area contributed by atoms with Crippen LogP contribution in [-0.4, -0.2) is 27.9 Å². The lowest BCUT2D eigenvalue weighted by atomic mass is 10.1. The third kappa shape index (κ3) is 2.88. The van der Waals surface area contributed by atoms with Gasteiger partial charge in [0.15, 0.2) is 5.78 Å². The van der Waals surface area contributed by atoms with E-state index in [9.17, 15) is 9.59 Å². The first-order chi connectivity index (χ1) is 6.11. The Balaban J connectivity index is 2.27. The number of allylic oxidation sites excluding steroid dienone is 2. The highest BCUT2D eigenvalue weighted by molar-refractivity contribution is 8.00. The van der Waals surface area contributed by atoms with E-state index in [-0.39, 0.29) is 11.7 Å². The average Bonchev–Trinajstić information content (AvgIpc) is 2.47. The van der Waals surface area contributed by atoms with E-state index in [1.165, 1.54) is 11.8 Å². The summed E-state index contributed by atoms with van der Waals surface area (Å²) in [5, 5.41) is 8.18. The quantitative estimate of drug-likeness (QED) is 0.744. The summed E-state index contributed by atoms with van der Waals surface area (Å²) in [5.41, 5.74) is 0. The molecule has 0 aliphatic heterocycles. The smallest absolute Gasteiger partial charge is 0.316 e. The van der Waals surface area contributed by atoms with E-state index in [2.05, 4.69) is 0 Å². The van der Waals surface area contributed by atoms with Crippen molar-refractivity contribution in [1.82, 2.24) is 0 Å². The minimum atomic E-state index is -0.816. The standard InChI is InChI=1S/C9H12O3S/c1-6(9(11)12)13-5-7-3-2-4-8(7)10/h2,4,6-7H,3,5H2,1H3,(H,11,12). The van der Waals surface area contributed by atoms with Gasteiger partial charge in [-0.1, -0.05) is 6.08 Å². The summed E-state index contributed by atoms with van der Waals surface area (Å²) in [5.74, 6) is -0.0699. The van der Waals surface area contributed by atoms with Crippen molar-refractivity contribution in [3.63, 3.8) is 0 Å². The summed E-state index contributed by atoms with van der Waals surface area (Å²) < 4.78 is 0. The number of carboxylic acids is 1. The van der Waals surface area contributed by atoms with Gasteiger partial charge in [0.1, 0.15) is 0 Å². The van der Waals surface area contributed by atoms with Crippen molar-refractivity contribution >= 4 is 23.5 Å². The van der Waals surface area contributed by atoms with Gasteiger partial charge < -0.3 is 5.11 Å². The fraction of sp³-hybridized carbons (Fsp3) is 0.556. The van der Waals surface area contributed by atoms with Gasteiger partial charge in [0.25, 0.3) is 0 Å². The molecule has 2 atom stereocenters. The molecule has 0 radical (unpaired) electrons. The Kier molecular flexibility index (Phi) is 3.54. The number of thioether (sulfide) groups is 1. The third-order valence-electron chi connectivity index (χ3n) is 2.00. The van der Waals surface area contributed by atoms with Crippen molar-refractivity contribution < 1.29 is 14.7 Å². The minimum Gasteiger partial charge on any atom is -0.480 e. The van der Waals surface area contributed by atoms with E-state index in [0.29, 0.717) is 5.75 Å². The average molecular weight is 200 g/mol. The van der Waals surface area contributed by atoms with Gasteiger partial charge in [0.2, 0.25) is 0 Å². The summed E-state index contributed by atoms with van der Waals surface area (Å²) in [7, 11) is 0. The molecule has 4 heteroatoms. The predicted molar refractivity (Wildman–Crippen MR) is 51.8 cm³/mol. The first-order valence-corrected chi connectivity index (χ1v) is 5.21. The molecule has 1 rings (SSSR count). The number of carbonyl (C=O) groups is 2. The molecule has 0 heterocycles. The van der Waals surface area contributed by atoms with Crippen LogP contribution in [0, 0.1) is 5.92 Å². The lowest BCUT2D eigenvalue weighted by Crippen LogP contribution is -2.16. The number of aliphatic carboxylic acids is 1. The normalized spacial score (nSPS) is 23.5. The van der Waals surface area contributed by atoms with Crippen LogP contribution in [0.3, 0.4) is 0 Å². The van der Waals surface area contributed by atoms with Crippen LogP contribution in [0.2, 0.25) is 0 Å². The van der Waals surface area contributed by atoms with Gasteiger partial charge in [-0.2, -0.15) is 0 Å². The number of hydrogen-bond donors (Lipinski definition) is 1. The summed E-state index contributed by atoms with van der Waals surface area (Å²) in [6.45, 7) is 1.64. The topological polar surface area (TPSA) is 54.4 Å². The zero-order chi connectivity index (χ0) is 9.84. The molecule has 1 aliphatic carbocycles. The summed E-state index contributed by atoms with van der Waals surface area (Å²) in [6, 6.07) is 0. The van der Waals surface area contributed by atoms with E-state index in [1.807, 2.05) is 6.08 Å². The molecule has 0 bridgehead atoms. The van der Waals surface area contributed by atoms with Gasteiger partial charge in [-0.3, -0.25) is 9.59 Å². The fourth-order valence-corrected chi connectivity index (χ4v) is 2.05. The SMILES string of the molecule is CC(SCC1CC=CC1=O)C(=O)O. The fourth-order valence-electron chi connectivity index (χ4n) is 1.08. The summed E-state index contributed by atoms with van der Waals surface area (Å²) in [6.07, 6.45) is 4.19. The van der Waals surface area contributed by atoms with Crippen molar-refractivity contribution in [3.8, 4) is 0 Å². The molecule has 72 valence electrons. The highest BCUT2D eigenvalue weighted by atomic mass is 32.2. The molecule has 0 saturated carbocycles. The van der Waals surface area contributed by atoms with Gasteiger partial charge in [-0.05, 0) is 19.4 Å². The molecule has 13 heavy (non-hydrogen) atoms. The molecule has 0 aromatic heterocycles. The second-order valence-corrected chi connectivity index (χ2v) is 4.42. The zero-order valence-corrected chi connectivity index (χ0v) is 8.21. The molecule has 0 aromatic rings. The molecule has 1 aliphatic rings. The van der Waals surface area contributed by atoms with Gasteiger partial charge >= 0.3 is 5.97 Å². The van der Waals surface area contributed by atoms with Crippen molar-refractivity contribution in [3.05, 3.63) is 12.2 Å². The van der Waals surface area contributed by atoms with E-state index in [0.717, 1.165) is 6.42 Å². The second kappa shape index (κ2) is 4.46. The first kappa shape index (κ1) is 10.3. The highest BCUT2D eigenvalue weighted by Crippen LogP contribution is 2.22. The summed E-state index contributed by atoms with van der Waals surface area (Å²) in [4.78, 5) is 21.6. The second-order valence-electron chi connectivity index (χ2n) is 3.05. The van der Waals surface area contributed by atoms with Crippen molar-refractivity contribution in [1.29, 1.82) is 0 Å². The number of hydrogen-bond acceptors (Lipinski definition) is 3. The highest BCUT2D eigenvalue weighted by Gasteiger charge is 2.21. The van der Waals surface area contributed by atoms with Crippen LogP contribution in [0.1, 0.15) is 13.3 Å². The molecule has 0 saturated heterocycles. The number of carbonyl (C=O) groups excluding carboxylic acids is 1. The zero-order valence-electron chi connectivity index (χ0n) is 7.40. The van der Waals surface area contributed by atoms with Gasteiger partial charge in [0, 0.05) is 11.7 Å². The molecule has 0 aromatic carbocycles. The van der Waals surface area contributed by atoms with Crippen LogP contribution in [0.4, 0.5) is 0 Å². The molecule has 0 fully saturated rings. The maximum Gasteiger partial charge on any atom is 0.316 e. The van der Waals surface area contributed by atoms with Crippen LogP contribution < -0.4 is 0 Å². The Hall–Kier alpha value is -0.770. The van der Waals surface area contributed by atoms with E-state index in [4.69, 9.17) is 5.11 Å². The molecule has 1 N–H and O–H groups in total. The van der Waals surface area contributed by atoms with Gasteiger partial charge in [-0.15, -0.1) is 11.8 Å². The largest absolute Gasteiger partial charge is 0.480 e. The first-order valence-electron chi connectivity index (χ1n) is 4.16. The van der Waals surface area contributed by atoms with Crippen molar-refractivity contribution in [2.24, 2.45) is 5.92 Å². The Morgan fingerprint density at radius 3 is 3.00 bits per heavy atom. The number of rotatable bonds is 4. The molecular formula is C9H12O3S. The van der Waals surface area contributed by atoms with Crippen LogP contribution in [0.25, 0.3) is 0 Å². The van der Waals surface area contributed by atoms with Crippen LogP contribution in [0.15, 0.2) is 12.2 Å². The molecule has 2 unspecified atom stereocenters. The van der Waals surface area contributed by atoms with Crippen LogP contribution >= 0.6 is 11.8 Å². The number of ketones is 1. The van der Waals surface area contributed by atoms with Gasteiger partial charge in [0.05, 0.1) is 5.25 Å². The lowest BCUT2D eigenvalue weighted by Gasteiger charge is -2.09. The molecule has 0 spiro atoms.